The smallest absolute Gasteiger partial charge is 0.251 e. The number of pyridine rings is 1. The van der Waals surface area contributed by atoms with Crippen LogP contribution < -0.4 is 10.9 Å². The fraction of sp³-hybridized carbons (Fsp3) is 0.222. The summed E-state index contributed by atoms with van der Waals surface area (Å²) < 4.78 is 1.72. The highest BCUT2D eigenvalue weighted by molar-refractivity contribution is 5.88. The summed E-state index contributed by atoms with van der Waals surface area (Å²) in [7, 11) is 1.85. The molecular weight excluding hydrogens is 344 g/mol. The molecule has 0 saturated heterocycles. The maximum absolute atomic E-state index is 11.6. The van der Waals surface area contributed by atoms with Gasteiger partial charge >= 0.3 is 0 Å². The van der Waals surface area contributed by atoms with Gasteiger partial charge in [0, 0.05) is 49.7 Å². The molecular formula is C18H18N8O. The van der Waals surface area contributed by atoms with Crippen LogP contribution in [0.3, 0.4) is 0 Å². The quantitative estimate of drug-likeness (QED) is 0.552. The van der Waals surface area contributed by atoms with Gasteiger partial charge in [0.05, 0.1) is 11.6 Å². The second kappa shape index (κ2) is 6.94. The van der Waals surface area contributed by atoms with Crippen molar-refractivity contribution >= 4 is 16.9 Å². The molecule has 0 unspecified atom stereocenters. The standard InChI is InChI=1S/C18H18N8O/c1-11-22-13(9-15(27)23-11)5-8-20-17-14-10-21-26(2)18(14)25-16(24-17)12-3-6-19-7-4-12/h3-4,6-7,9-10H,5,8H2,1-2H3,(H,20,24,25)(H,22,23,27). The van der Waals surface area contributed by atoms with Gasteiger partial charge in [0.25, 0.3) is 5.56 Å². The molecule has 4 aromatic heterocycles. The van der Waals surface area contributed by atoms with E-state index in [1.807, 2.05) is 19.2 Å². The van der Waals surface area contributed by atoms with Gasteiger partial charge in [0.1, 0.15) is 11.6 Å². The topological polar surface area (TPSA) is 114 Å². The molecule has 4 aromatic rings. The van der Waals surface area contributed by atoms with E-state index in [-0.39, 0.29) is 5.56 Å². The number of nitrogens with zero attached hydrogens (tertiary/aromatic N) is 6. The Kier molecular flexibility index (Phi) is 4.33. The number of aromatic amines is 1. The number of anilines is 1. The third-order valence-corrected chi connectivity index (χ3v) is 4.12. The average molecular weight is 362 g/mol. The number of aryl methyl sites for hydroxylation is 2. The zero-order chi connectivity index (χ0) is 18.8. The van der Waals surface area contributed by atoms with Crippen molar-refractivity contribution in [1.82, 2.24) is 34.7 Å². The molecule has 9 nitrogen and oxygen atoms in total. The zero-order valence-electron chi connectivity index (χ0n) is 15.0. The molecule has 0 aromatic carbocycles. The average Bonchev–Trinajstić information content (AvgIpc) is 3.03. The molecule has 0 atom stereocenters. The first-order valence-electron chi connectivity index (χ1n) is 8.51. The van der Waals surface area contributed by atoms with Crippen LogP contribution in [0.5, 0.6) is 0 Å². The Morgan fingerprint density at radius 1 is 1.19 bits per heavy atom. The van der Waals surface area contributed by atoms with E-state index in [2.05, 4.69) is 35.3 Å². The van der Waals surface area contributed by atoms with Crippen molar-refractivity contribution in [3.8, 4) is 11.4 Å². The van der Waals surface area contributed by atoms with E-state index in [9.17, 15) is 4.79 Å². The lowest BCUT2D eigenvalue weighted by molar-refractivity contribution is 0.786. The molecule has 136 valence electrons. The number of fused-ring (bicyclic) bond motifs is 1. The molecule has 0 spiro atoms. The molecule has 0 fully saturated rings. The summed E-state index contributed by atoms with van der Waals surface area (Å²) in [6.45, 7) is 2.34. The van der Waals surface area contributed by atoms with Crippen molar-refractivity contribution in [2.75, 3.05) is 11.9 Å². The molecule has 0 bridgehead atoms. The predicted octanol–water partition coefficient (Wildman–Crippen LogP) is 1.47. The van der Waals surface area contributed by atoms with E-state index < -0.39 is 0 Å². The highest BCUT2D eigenvalue weighted by atomic mass is 16.1. The number of hydrogen-bond acceptors (Lipinski definition) is 7. The second-order valence-electron chi connectivity index (χ2n) is 6.14. The summed E-state index contributed by atoms with van der Waals surface area (Å²) in [6, 6.07) is 5.24. The van der Waals surface area contributed by atoms with Gasteiger partial charge in [0.2, 0.25) is 0 Å². The Hall–Kier alpha value is -3.62. The van der Waals surface area contributed by atoms with Crippen molar-refractivity contribution in [1.29, 1.82) is 0 Å². The van der Waals surface area contributed by atoms with Gasteiger partial charge in [-0.15, -0.1) is 0 Å². The SMILES string of the molecule is Cc1nc(CCNc2nc(-c3ccncc3)nc3c2cnn3C)cc(=O)[nH]1. The van der Waals surface area contributed by atoms with Gasteiger partial charge in [-0.2, -0.15) is 5.10 Å². The first kappa shape index (κ1) is 16.8. The van der Waals surface area contributed by atoms with Gasteiger partial charge in [-0.1, -0.05) is 0 Å². The van der Waals surface area contributed by atoms with Gasteiger partial charge in [0.15, 0.2) is 11.5 Å². The number of nitrogens with one attached hydrogen (secondary N) is 2. The van der Waals surface area contributed by atoms with Crippen LogP contribution in [0.15, 0.2) is 41.6 Å². The van der Waals surface area contributed by atoms with Crippen LogP contribution >= 0.6 is 0 Å². The van der Waals surface area contributed by atoms with E-state index in [0.29, 0.717) is 30.4 Å². The molecule has 0 aliphatic heterocycles. The molecule has 0 saturated carbocycles. The van der Waals surface area contributed by atoms with Crippen LogP contribution in [0.1, 0.15) is 11.5 Å². The van der Waals surface area contributed by atoms with Crippen molar-refractivity contribution in [2.45, 2.75) is 13.3 Å². The summed E-state index contributed by atoms with van der Waals surface area (Å²) >= 11 is 0. The second-order valence-corrected chi connectivity index (χ2v) is 6.14. The molecule has 4 rings (SSSR count). The van der Waals surface area contributed by atoms with E-state index >= 15 is 0 Å². The maximum Gasteiger partial charge on any atom is 0.251 e. The minimum atomic E-state index is -0.144. The number of aromatic nitrogens is 7. The molecule has 2 N–H and O–H groups in total. The van der Waals surface area contributed by atoms with Crippen LogP contribution in [0, 0.1) is 6.92 Å². The monoisotopic (exact) mass is 362 g/mol. The molecule has 0 aliphatic rings. The molecule has 0 radical (unpaired) electrons. The summed E-state index contributed by atoms with van der Waals surface area (Å²) in [5.41, 5.74) is 2.20. The maximum atomic E-state index is 11.6. The summed E-state index contributed by atoms with van der Waals surface area (Å²) in [5.74, 6) is 1.90. The van der Waals surface area contributed by atoms with E-state index in [1.54, 1.807) is 30.2 Å². The molecule has 0 aliphatic carbocycles. The Morgan fingerprint density at radius 2 is 2.00 bits per heavy atom. The lowest BCUT2D eigenvalue weighted by Gasteiger charge is -2.09. The third kappa shape index (κ3) is 3.52. The molecule has 27 heavy (non-hydrogen) atoms. The van der Waals surface area contributed by atoms with Crippen molar-refractivity contribution in [3.63, 3.8) is 0 Å². The van der Waals surface area contributed by atoms with Gasteiger partial charge in [-0.3, -0.25) is 14.5 Å². The molecule has 9 heteroatoms. The minimum absolute atomic E-state index is 0.144. The normalized spacial score (nSPS) is 11.0. The van der Waals surface area contributed by atoms with Crippen LogP contribution in [-0.4, -0.2) is 41.2 Å². The van der Waals surface area contributed by atoms with Crippen LogP contribution in [0.4, 0.5) is 5.82 Å². The molecule has 0 amide bonds. The summed E-state index contributed by atoms with van der Waals surface area (Å²) in [5, 5.41) is 8.45. The van der Waals surface area contributed by atoms with Crippen molar-refractivity contribution in [2.24, 2.45) is 7.05 Å². The van der Waals surface area contributed by atoms with Crippen molar-refractivity contribution in [3.05, 3.63) is 58.7 Å². The zero-order valence-corrected chi connectivity index (χ0v) is 15.0. The van der Waals surface area contributed by atoms with E-state index in [0.717, 1.165) is 22.3 Å². The summed E-state index contributed by atoms with van der Waals surface area (Å²) in [6.07, 6.45) is 5.76. The Bertz CT molecular complexity index is 1150. The largest absolute Gasteiger partial charge is 0.369 e. The van der Waals surface area contributed by atoms with Crippen LogP contribution in [0.2, 0.25) is 0 Å². The lowest BCUT2D eigenvalue weighted by atomic mass is 10.2. The minimum Gasteiger partial charge on any atom is -0.369 e. The lowest BCUT2D eigenvalue weighted by Crippen LogP contribution is -2.14. The fourth-order valence-electron chi connectivity index (χ4n) is 2.87. The van der Waals surface area contributed by atoms with E-state index in [1.165, 1.54) is 6.07 Å². The van der Waals surface area contributed by atoms with Gasteiger partial charge < -0.3 is 10.3 Å². The first-order valence-corrected chi connectivity index (χ1v) is 8.51. The van der Waals surface area contributed by atoms with Crippen LogP contribution in [-0.2, 0) is 13.5 Å². The van der Waals surface area contributed by atoms with E-state index in [4.69, 9.17) is 0 Å². The van der Waals surface area contributed by atoms with Gasteiger partial charge in [-0.05, 0) is 19.1 Å². The highest BCUT2D eigenvalue weighted by Crippen LogP contribution is 2.24. The van der Waals surface area contributed by atoms with Crippen LogP contribution in [0.25, 0.3) is 22.4 Å². The number of rotatable bonds is 5. The predicted molar refractivity (Wildman–Crippen MR) is 101 cm³/mol. The summed E-state index contributed by atoms with van der Waals surface area (Å²) in [4.78, 5) is 31.9. The Morgan fingerprint density at radius 3 is 2.78 bits per heavy atom. The van der Waals surface area contributed by atoms with Gasteiger partial charge in [-0.25, -0.2) is 15.0 Å². The Balaban J connectivity index is 1.63. The Labute approximate surface area is 154 Å². The molecule has 4 heterocycles. The van der Waals surface area contributed by atoms with Crippen molar-refractivity contribution < 1.29 is 0 Å². The first-order chi connectivity index (χ1) is 13.1. The third-order valence-electron chi connectivity index (χ3n) is 4.12. The number of H-pyrrole nitrogens is 1. The number of hydrogen-bond donors (Lipinski definition) is 2. The fourth-order valence-corrected chi connectivity index (χ4v) is 2.87. The highest BCUT2D eigenvalue weighted by Gasteiger charge is 2.12.